The summed E-state index contributed by atoms with van der Waals surface area (Å²) >= 11 is 4.25. The first kappa shape index (κ1) is 10.9. The van der Waals surface area contributed by atoms with Crippen LogP contribution in [0.5, 0.6) is 0 Å². The topological polar surface area (TPSA) is 9.23 Å². The third-order valence-electron chi connectivity index (χ3n) is 2.77. The number of hydrogen-bond acceptors (Lipinski definition) is 2. The van der Waals surface area contributed by atoms with Crippen LogP contribution in [0.25, 0.3) is 0 Å². The van der Waals surface area contributed by atoms with Crippen LogP contribution in [0.15, 0.2) is 11.4 Å². The average molecular weight is 322 g/mol. The highest BCUT2D eigenvalue weighted by molar-refractivity contribution is 14.1. The quantitative estimate of drug-likeness (QED) is 0.588. The summed E-state index contributed by atoms with van der Waals surface area (Å²) in [6.07, 6.45) is 4.60. The zero-order valence-electron chi connectivity index (χ0n) is 8.33. The molecule has 78 valence electrons. The van der Waals surface area contributed by atoms with Crippen molar-refractivity contribution < 1.29 is 4.74 Å². The van der Waals surface area contributed by atoms with Crippen LogP contribution in [0.1, 0.15) is 35.8 Å². The number of thiophene rings is 1. The molecule has 2 atom stereocenters. The minimum Gasteiger partial charge on any atom is -0.369 e. The Labute approximate surface area is 103 Å². The summed E-state index contributed by atoms with van der Waals surface area (Å²) in [5.74, 6) is 0. The molecule has 0 saturated carbocycles. The fraction of sp³-hybridized carbons (Fsp3) is 0.636. The van der Waals surface area contributed by atoms with Gasteiger partial charge in [0.2, 0.25) is 0 Å². The number of rotatable bonds is 2. The lowest BCUT2D eigenvalue weighted by molar-refractivity contribution is -0.0375. The second-order valence-corrected chi connectivity index (χ2v) is 5.77. The number of aryl methyl sites for hydroxylation is 1. The van der Waals surface area contributed by atoms with Gasteiger partial charge in [-0.15, -0.1) is 11.3 Å². The Morgan fingerprint density at radius 2 is 2.43 bits per heavy atom. The first-order valence-electron chi connectivity index (χ1n) is 5.06. The minimum atomic E-state index is 0.370. The van der Waals surface area contributed by atoms with Gasteiger partial charge < -0.3 is 4.74 Å². The Hall–Kier alpha value is 0.390. The second-order valence-electron chi connectivity index (χ2n) is 3.76. The van der Waals surface area contributed by atoms with Gasteiger partial charge in [-0.1, -0.05) is 22.6 Å². The van der Waals surface area contributed by atoms with E-state index < -0.39 is 0 Å². The number of hydrogen-bond donors (Lipinski definition) is 0. The van der Waals surface area contributed by atoms with Crippen molar-refractivity contribution in [2.45, 2.75) is 38.4 Å². The van der Waals surface area contributed by atoms with Crippen molar-refractivity contribution >= 4 is 33.9 Å². The van der Waals surface area contributed by atoms with Crippen LogP contribution in [0.4, 0.5) is 0 Å². The molecule has 2 unspecified atom stereocenters. The van der Waals surface area contributed by atoms with Gasteiger partial charge in [-0.05, 0) is 43.2 Å². The molecule has 14 heavy (non-hydrogen) atoms. The van der Waals surface area contributed by atoms with Crippen molar-refractivity contribution in [3.63, 3.8) is 0 Å². The lowest BCUT2D eigenvalue weighted by atomic mass is 10.00. The lowest BCUT2D eigenvalue weighted by Gasteiger charge is -2.29. The van der Waals surface area contributed by atoms with Crippen LogP contribution in [0.3, 0.4) is 0 Å². The van der Waals surface area contributed by atoms with Gasteiger partial charge in [0, 0.05) is 9.30 Å². The molecule has 1 aliphatic heterocycles. The SMILES string of the molecule is Cc1sccc1C1CCCC(CI)O1. The van der Waals surface area contributed by atoms with Crippen LogP contribution >= 0.6 is 33.9 Å². The van der Waals surface area contributed by atoms with Crippen molar-refractivity contribution in [1.82, 2.24) is 0 Å². The van der Waals surface area contributed by atoms with E-state index in [1.54, 1.807) is 0 Å². The summed E-state index contributed by atoms with van der Waals surface area (Å²) in [5, 5.41) is 2.17. The molecule has 0 bridgehead atoms. The van der Waals surface area contributed by atoms with Crippen molar-refractivity contribution in [2.24, 2.45) is 0 Å². The van der Waals surface area contributed by atoms with Crippen LogP contribution in [0.2, 0.25) is 0 Å². The van der Waals surface area contributed by atoms with E-state index in [1.807, 2.05) is 11.3 Å². The van der Waals surface area contributed by atoms with Crippen LogP contribution in [-0.4, -0.2) is 10.5 Å². The number of halogens is 1. The highest BCUT2D eigenvalue weighted by atomic mass is 127. The molecular formula is C11H15IOS. The fourth-order valence-corrected chi connectivity index (χ4v) is 3.37. The molecule has 2 heterocycles. The molecule has 0 aliphatic carbocycles. The van der Waals surface area contributed by atoms with Gasteiger partial charge in [-0.25, -0.2) is 0 Å². The van der Waals surface area contributed by atoms with E-state index in [0.29, 0.717) is 12.2 Å². The lowest BCUT2D eigenvalue weighted by Crippen LogP contribution is -2.23. The van der Waals surface area contributed by atoms with Crippen molar-refractivity contribution in [1.29, 1.82) is 0 Å². The van der Waals surface area contributed by atoms with Gasteiger partial charge in [-0.3, -0.25) is 0 Å². The third kappa shape index (κ3) is 2.31. The van der Waals surface area contributed by atoms with Gasteiger partial charge in [-0.2, -0.15) is 0 Å². The molecule has 0 amide bonds. The van der Waals surface area contributed by atoms with Crippen LogP contribution in [-0.2, 0) is 4.74 Å². The molecule has 0 spiro atoms. The fourth-order valence-electron chi connectivity index (χ4n) is 1.97. The van der Waals surface area contributed by atoms with E-state index in [4.69, 9.17) is 4.74 Å². The summed E-state index contributed by atoms with van der Waals surface area (Å²) < 4.78 is 7.18. The van der Waals surface area contributed by atoms with Gasteiger partial charge in [0.05, 0.1) is 12.2 Å². The number of ether oxygens (including phenoxy) is 1. The van der Waals surface area contributed by atoms with Crippen LogP contribution < -0.4 is 0 Å². The van der Waals surface area contributed by atoms with Gasteiger partial charge in [0.1, 0.15) is 0 Å². The van der Waals surface area contributed by atoms with Gasteiger partial charge >= 0.3 is 0 Å². The average Bonchev–Trinajstić information content (AvgIpc) is 2.65. The summed E-state index contributed by atoms with van der Waals surface area (Å²) in [6.45, 7) is 2.19. The summed E-state index contributed by atoms with van der Waals surface area (Å²) in [6, 6.07) is 2.22. The molecule has 0 radical (unpaired) electrons. The smallest absolute Gasteiger partial charge is 0.0839 e. The van der Waals surface area contributed by atoms with E-state index in [0.717, 1.165) is 4.43 Å². The van der Waals surface area contributed by atoms with Gasteiger partial charge in [0.15, 0.2) is 0 Å². The molecular weight excluding hydrogens is 307 g/mol. The van der Waals surface area contributed by atoms with Crippen molar-refractivity contribution in [3.8, 4) is 0 Å². The molecule has 0 N–H and O–H groups in total. The summed E-state index contributed by atoms with van der Waals surface area (Å²) in [5.41, 5.74) is 1.42. The minimum absolute atomic E-state index is 0.370. The Kier molecular flexibility index (Phi) is 3.85. The van der Waals surface area contributed by atoms with Gasteiger partial charge in [0.25, 0.3) is 0 Å². The Morgan fingerprint density at radius 3 is 3.07 bits per heavy atom. The van der Waals surface area contributed by atoms with Crippen LogP contribution in [0, 0.1) is 6.92 Å². The molecule has 3 heteroatoms. The van der Waals surface area contributed by atoms with E-state index in [2.05, 4.69) is 41.0 Å². The normalized spacial score (nSPS) is 27.9. The molecule has 0 aromatic carbocycles. The van der Waals surface area contributed by atoms with E-state index in [1.165, 1.54) is 29.7 Å². The monoisotopic (exact) mass is 322 g/mol. The predicted octanol–water partition coefficient (Wildman–Crippen LogP) is 4.10. The molecule has 1 aromatic rings. The molecule has 1 aliphatic rings. The highest BCUT2D eigenvalue weighted by Gasteiger charge is 2.24. The molecule has 1 aromatic heterocycles. The van der Waals surface area contributed by atoms with E-state index >= 15 is 0 Å². The Bertz CT molecular complexity index is 297. The summed E-state index contributed by atoms with van der Waals surface area (Å²) in [4.78, 5) is 1.42. The first-order valence-corrected chi connectivity index (χ1v) is 7.47. The highest BCUT2D eigenvalue weighted by Crippen LogP contribution is 2.35. The van der Waals surface area contributed by atoms with E-state index in [9.17, 15) is 0 Å². The Balaban J connectivity index is 2.08. The van der Waals surface area contributed by atoms with Crippen molar-refractivity contribution in [3.05, 3.63) is 21.9 Å². The zero-order chi connectivity index (χ0) is 9.97. The largest absolute Gasteiger partial charge is 0.369 e. The number of alkyl halides is 1. The molecule has 2 rings (SSSR count). The predicted molar refractivity (Wildman–Crippen MR) is 69.4 cm³/mol. The molecule has 1 saturated heterocycles. The van der Waals surface area contributed by atoms with E-state index in [-0.39, 0.29) is 0 Å². The first-order chi connectivity index (χ1) is 6.81. The third-order valence-corrected chi connectivity index (χ3v) is 4.61. The maximum atomic E-state index is 6.06. The maximum absolute atomic E-state index is 6.06. The summed E-state index contributed by atoms with van der Waals surface area (Å²) in [7, 11) is 0. The second kappa shape index (κ2) is 4.94. The van der Waals surface area contributed by atoms with Crippen molar-refractivity contribution in [2.75, 3.05) is 4.43 Å². The Morgan fingerprint density at radius 1 is 1.57 bits per heavy atom. The molecule has 1 nitrogen and oxygen atoms in total. The zero-order valence-corrected chi connectivity index (χ0v) is 11.3. The maximum Gasteiger partial charge on any atom is 0.0839 e. The molecule has 1 fully saturated rings. The standard InChI is InChI=1S/C11H15IOS/c1-8-10(5-6-14-8)11-4-2-3-9(7-12)13-11/h5-6,9,11H,2-4,7H2,1H3.